The van der Waals surface area contributed by atoms with Crippen LogP contribution in [0.2, 0.25) is 0 Å². The Labute approximate surface area is 123 Å². The van der Waals surface area contributed by atoms with Gasteiger partial charge in [-0.1, -0.05) is 44.2 Å². The third-order valence-electron chi connectivity index (χ3n) is 4.56. The molecule has 1 aromatic rings. The van der Waals surface area contributed by atoms with E-state index < -0.39 is 0 Å². The summed E-state index contributed by atoms with van der Waals surface area (Å²) in [5, 5.41) is 10.5. The van der Waals surface area contributed by atoms with Crippen LogP contribution in [0.4, 0.5) is 0 Å². The van der Waals surface area contributed by atoms with E-state index in [1.54, 1.807) is 0 Å². The predicted octanol–water partition coefficient (Wildman–Crippen LogP) is 2.38. The molecule has 1 aromatic carbocycles. The number of nitrogens with zero attached hydrogens (tertiary/aromatic N) is 2. The number of benzene rings is 1. The number of aliphatic hydroxyl groups is 1. The molecule has 1 fully saturated rings. The molecule has 1 aliphatic heterocycles. The molecule has 20 heavy (non-hydrogen) atoms. The molecule has 1 saturated heterocycles. The Morgan fingerprint density at radius 2 is 1.95 bits per heavy atom. The number of hydrogen-bond acceptors (Lipinski definition) is 3. The Kier molecular flexibility index (Phi) is 5.58. The minimum atomic E-state index is -0.365. The molecule has 3 nitrogen and oxygen atoms in total. The van der Waals surface area contributed by atoms with Crippen molar-refractivity contribution in [3.05, 3.63) is 35.9 Å². The summed E-state index contributed by atoms with van der Waals surface area (Å²) in [5.74, 6) is 0.262. The fraction of sp³-hybridized carbons (Fsp3) is 0.647. The van der Waals surface area contributed by atoms with Crippen molar-refractivity contribution in [1.29, 1.82) is 0 Å². The first-order chi connectivity index (χ1) is 9.61. The standard InChI is InChI=1S/C17H28N2O/c1-4-16-13-19(11-10-18(16)3)12-14(2)17(20)15-8-6-5-7-9-15/h5-9,14,16-17,20H,4,10-13H2,1-3H3. The van der Waals surface area contributed by atoms with Crippen LogP contribution in [0, 0.1) is 5.92 Å². The van der Waals surface area contributed by atoms with Crippen molar-refractivity contribution < 1.29 is 5.11 Å². The van der Waals surface area contributed by atoms with Crippen LogP contribution in [0.5, 0.6) is 0 Å². The average Bonchev–Trinajstić information content (AvgIpc) is 2.49. The van der Waals surface area contributed by atoms with Gasteiger partial charge in [0.15, 0.2) is 0 Å². The highest BCUT2D eigenvalue weighted by Gasteiger charge is 2.26. The highest BCUT2D eigenvalue weighted by atomic mass is 16.3. The van der Waals surface area contributed by atoms with Crippen LogP contribution in [0.15, 0.2) is 30.3 Å². The van der Waals surface area contributed by atoms with Gasteiger partial charge in [-0.15, -0.1) is 0 Å². The lowest BCUT2D eigenvalue weighted by atomic mass is 9.96. The number of aliphatic hydroxyl groups excluding tert-OH is 1. The molecule has 0 aromatic heterocycles. The molecule has 112 valence electrons. The van der Waals surface area contributed by atoms with Crippen molar-refractivity contribution in [3.63, 3.8) is 0 Å². The lowest BCUT2D eigenvalue weighted by molar-refractivity contribution is 0.0475. The van der Waals surface area contributed by atoms with E-state index in [0.717, 1.165) is 31.7 Å². The molecule has 1 N–H and O–H groups in total. The largest absolute Gasteiger partial charge is 0.388 e. The van der Waals surface area contributed by atoms with Gasteiger partial charge >= 0.3 is 0 Å². The number of hydrogen-bond donors (Lipinski definition) is 1. The maximum atomic E-state index is 10.5. The van der Waals surface area contributed by atoms with Crippen LogP contribution in [-0.4, -0.2) is 54.2 Å². The van der Waals surface area contributed by atoms with Gasteiger partial charge in [0.1, 0.15) is 0 Å². The quantitative estimate of drug-likeness (QED) is 0.894. The normalized spacial score (nSPS) is 24.5. The molecule has 0 amide bonds. The van der Waals surface area contributed by atoms with Crippen molar-refractivity contribution in [2.45, 2.75) is 32.4 Å². The molecule has 3 atom stereocenters. The molecule has 0 aliphatic carbocycles. The van der Waals surface area contributed by atoms with Crippen LogP contribution < -0.4 is 0 Å². The second-order valence-corrected chi connectivity index (χ2v) is 6.14. The second-order valence-electron chi connectivity index (χ2n) is 6.14. The van der Waals surface area contributed by atoms with Crippen molar-refractivity contribution in [2.75, 3.05) is 33.2 Å². The summed E-state index contributed by atoms with van der Waals surface area (Å²) in [5.41, 5.74) is 1.03. The smallest absolute Gasteiger partial charge is 0.0827 e. The summed E-state index contributed by atoms with van der Waals surface area (Å²) in [7, 11) is 2.22. The molecule has 3 heteroatoms. The third-order valence-corrected chi connectivity index (χ3v) is 4.56. The zero-order chi connectivity index (χ0) is 14.5. The van der Waals surface area contributed by atoms with Crippen LogP contribution >= 0.6 is 0 Å². The van der Waals surface area contributed by atoms with Gasteiger partial charge in [0.25, 0.3) is 0 Å². The minimum absolute atomic E-state index is 0.262. The summed E-state index contributed by atoms with van der Waals surface area (Å²) in [6.07, 6.45) is 0.832. The molecular formula is C17H28N2O. The summed E-state index contributed by atoms with van der Waals surface area (Å²) in [6, 6.07) is 10.7. The second kappa shape index (κ2) is 7.21. The maximum Gasteiger partial charge on any atom is 0.0827 e. The van der Waals surface area contributed by atoms with Crippen LogP contribution in [0.25, 0.3) is 0 Å². The Morgan fingerprint density at radius 3 is 2.60 bits per heavy atom. The molecule has 2 rings (SSSR count). The maximum absolute atomic E-state index is 10.5. The first-order valence-electron chi connectivity index (χ1n) is 7.77. The molecule has 0 bridgehead atoms. The molecule has 3 unspecified atom stereocenters. The van der Waals surface area contributed by atoms with Gasteiger partial charge in [-0.2, -0.15) is 0 Å². The Balaban J connectivity index is 1.89. The van der Waals surface area contributed by atoms with Gasteiger partial charge in [-0.25, -0.2) is 0 Å². The molecule has 1 aliphatic rings. The first kappa shape index (κ1) is 15.5. The van der Waals surface area contributed by atoms with Crippen molar-refractivity contribution >= 4 is 0 Å². The average molecular weight is 276 g/mol. The van der Waals surface area contributed by atoms with E-state index in [1.807, 2.05) is 30.3 Å². The van der Waals surface area contributed by atoms with E-state index in [4.69, 9.17) is 0 Å². The summed E-state index contributed by atoms with van der Waals surface area (Å²) in [4.78, 5) is 4.96. The van der Waals surface area contributed by atoms with Gasteiger partial charge in [0, 0.05) is 32.2 Å². The fourth-order valence-electron chi connectivity index (χ4n) is 3.10. The molecular weight excluding hydrogens is 248 g/mol. The summed E-state index contributed by atoms with van der Waals surface area (Å²) < 4.78 is 0. The van der Waals surface area contributed by atoms with Crippen molar-refractivity contribution in [3.8, 4) is 0 Å². The lowest BCUT2D eigenvalue weighted by Crippen LogP contribution is -2.52. The highest BCUT2D eigenvalue weighted by Crippen LogP contribution is 2.23. The monoisotopic (exact) mass is 276 g/mol. The van der Waals surface area contributed by atoms with E-state index >= 15 is 0 Å². The van der Waals surface area contributed by atoms with Gasteiger partial charge in [0.05, 0.1) is 6.10 Å². The third kappa shape index (κ3) is 3.81. The molecule has 0 saturated carbocycles. The minimum Gasteiger partial charge on any atom is -0.388 e. The van der Waals surface area contributed by atoms with Gasteiger partial charge in [-0.3, -0.25) is 0 Å². The zero-order valence-corrected chi connectivity index (χ0v) is 13.0. The van der Waals surface area contributed by atoms with Crippen molar-refractivity contribution in [2.24, 2.45) is 5.92 Å². The van der Waals surface area contributed by atoms with Gasteiger partial charge in [0.2, 0.25) is 0 Å². The van der Waals surface area contributed by atoms with E-state index in [1.165, 1.54) is 6.42 Å². The number of likely N-dealkylation sites (N-methyl/N-ethyl adjacent to an activating group) is 1. The van der Waals surface area contributed by atoms with Gasteiger partial charge in [-0.05, 0) is 24.9 Å². The van der Waals surface area contributed by atoms with Gasteiger partial charge < -0.3 is 14.9 Å². The topological polar surface area (TPSA) is 26.7 Å². The van der Waals surface area contributed by atoms with Crippen LogP contribution in [0.1, 0.15) is 31.9 Å². The van der Waals surface area contributed by atoms with E-state index in [2.05, 4.69) is 30.7 Å². The fourth-order valence-corrected chi connectivity index (χ4v) is 3.10. The SMILES string of the molecule is CCC1CN(CC(C)C(O)c2ccccc2)CCN1C. The predicted molar refractivity (Wildman–Crippen MR) is 83.7 cm³/mol. The first-order valence-corrected chi connectivity index (χ1v) is 7.77. The Bertz CT molecular complexity index is 395. The Hall–Kier alpha value is -0.900. The Morgan fingerprint density at radius 1 is 1.25 bits per heavy atom. The zero-order valence-electron chi connectivity index (χ0n) is 13.0. The lowest BCUT2D eigenvalue weighted by Gasteiger charge is -2.40. The van der Waals surface area contributed by atoms with Crippen LogP contribution in [-0.2, 0) is 0 Å². The van der Waals surface area contributed by atoms with Crippen molar-refractivity contribution in [1.82, 2.24) is 9.80 Å². The number of piperazine rings is 1. The van der Waals surface area contributed by atoms with E-state index in [-0.39, 0.29) is 12.0 Å². The van der Waals surface area contributed by atoms with E-state index in [0.29, 0.717) is 6.04 Å². The summed E-state index contributed by atoms with van der Waals surface area (Å²) in [6.45, 7) is 8.74. The van der Waals surface area contributed by atoms with E-state index in [9.17, 15) is 5.11 Å². The highest BCUT2D eigenvalue weighted by molar-refractivity contribution is 5.17. The van der Waals surface area contributed by atoms with Crippen LogP contribution in [0.3, 0.4) is 0 Å². The molecule has 0 spiro atoms. The molecule has 1 heterocycles. The summed E-state index contributed by atoms with van der Waals surface area (Å²) >= 11 is 0. The number of rotatable bonds is 5. The molecule has 0 radical (unpaired) electrons.